The summed E-state index contributed by atoms with van der Waals surface area (Å²) in [7, 11) is 0. The van der Waals surface area contributed by atoms with Crippen LogP contribution >= 0.6 is 0 Å². The van der Waals surface area contributed by atoms with Crippen molar-refractivity contribution in [1.29, 1.82) is 0 Å². The Kier molecular flexibility index (Phi) is 9.98. The number of allylic oxidation sites excluding steroid dienone is 1. The SMILES string of the molecule is CC(=CC(=O)[O-])CC(=O)CC(C)CC(C)(C)C.[Na+]. The fourth-order valence-electron chi connectivity index (χ4n) is 2.14. The molecular weight excluding hydrogens is 239 g/mol. The van der Waals surface area contributed by atoms with E-state index in [0.29, 0.717) is 17.9 Å². The van der Waals surface area contributed by atoms with E-state index >= 15 is 0 Å². The molecule has 0 aliphatic rings. The molecule has 0 saturated carbocycles. The molecule has 0 heterocycles. The van der Waals surface area contributed by atoms with Crippen molar-refractivity contribution in [3.8, 4) is 0 Å². The molecule has 0 spiro atoms. The van der Waals surface area contributed by atoms with Crippen molar-refractivity contribution >= 4 is 11.8 Å². The first kappa shape index (κ1) is 20.2. The van der Waals surface area contributed by atoms with Crippen molar-refractivity contribution in [3.63, 3.8) is 0 Å². The average Bonchev–Trinajstić information content (AvgIpc) is 1.95. The van der Waals surface area contributed by atoms with Gasteiger partial charge in [-0.25, -0.2) is 0 Å². The smallest absolute Gasteiger partial charge is 0.545 e. The molecule has 0 bridgehead atoms. The maximum atomic E-state index is 11.7. The predicted molar refractivity (Wildman–Crippen MR) is 66.2 cm³/mol. The minimum atomic E-state index is -1.24. The van der Waals surface area contributed by atoms with Crippen LogP contribution in [0.15, 0.2) is 11.6 Å². The van der Waals surface area contributed by atoms with Crippen LogP contribution in [-0.2, 0) is 9.59 Å². The zero-order valence-electron chi connectivity index (χ0n) is 12.5. The number of carboxylic acids is 1. The molecule has 0 aliphatic carbocycles. The van der Waals surface area contributed by atoms with Crippen LogP contribution in [0.2, 0.25) is 0 Å². The number of rotatable bonds is 6. The molecule has 0 aromatic heterocycles. The molecule has 0 aromatic rings. The number of Topliss-reactive ketones (excluding diaryl/α,β-unsaturated/α-hetero) is 1. The number of carbonyl (C=O) groups excluding carboxylic acids is 2. The van der Waals surface area contributed by atoms with Gasteiger partial charge in [0.25, 0.3) is 0 Å². The molecule has 0 radical (unpaired) electrons. The number of hydrogen-bond acceptors (Lipinski definition) is 3. The van der Waals surface area contributed by atoms with E-state index in [4.69, 9.17) is 0 Å². The molecule has 0 amide bonds. The van der Waals surface area contributed by atoms with Crippen LogP contribution in [0, 0.1) is 11.3 Å². The minimum Gasteiger partial charge on any atom is -0.545 e. The van der Waals surface area contributed by atoms with Gasteiger partial charge >= 0.3 is 29.6 Å². The second-order valence-corrected chi connectivity index (χ2v) is 6.10. The Balaban J connectivity index is 0. The topological polar surface area (TPSA) is 57.2 Å². The van der Waals surface area contributed by atoms with Crippen LogP contribution in [0.4, 0.5) is 0 Å². The molecule has 3 nitrogen and oxygen atoms in total. The van der Waals surface area contributed by atoms with Crippen LogP contribution in [0.3, 0.4) is 0 Å². The van der Waals surface area contributed by atoms with E-state index in [0.717, 1.165) is 12.5 Å². The average molecular weight is 262 g/mol. The van der Waals surface area contributed by atoms with Crippen molar-refractivity contribution < 1.29 is 44.3 Å². The molecule has 1 unspecified atom stereocenters. The van der Waals surface area contributed by atoms with Crippen molar-refractivity contribution in [3.05, 3.63) is 11.6 Å². The Hall–Kier alpha value is -0.120. The third-order valence-corrected chi connectivity index (χ3v) is 2.38. The summed E-state index contributed by atoms with van der Waals surface area (Å²) in [6, 6.07) is 0. The van der Waals surface area contributed by atoms with Gasteiger partial charge in [0, 0.05) is 12.8 Å². The summed E-state index contributed by atoms with van der Waals surface area (Å²) in [5.41, 5.74) is 0.771. The Morgan fingerprint density at radius 3 is 2.17 bits per heavy atom. The summed E-state index contributed by atoms with van der Waals surface area (Å²) < 4.78 is 0. The summed E-state index contributed by atoms with van der Waals surface area (Å²) in [4.78, 5) is 22.0. The standard InChI is InChI=1S/C14H24O3.Na/c1-10(8-13(16)17)6-12(15)7-11(2)9-14(3,4)5;/h8,11H,6-7,9H2,1-5H3,(H,16,17);/q;+1/p-1. The van der Waals surface area contributed by atoms with E-state index in [9.17, 15) is 14.7 Å². The zero-order chi connectivity index (χ0) is 13.6. The Bertz CT molecular complexity index is 313. The van der Waals surface area contributed by atoms with Crippen LogP contribution < -0.4 is 34.7 Å². The van der Waals surface area contributed by atoms with Crippen molar-refractivity contribution in [1.82, 2.24) is 0 Å². The van der Waals surface area contributed by atoms with Gasteiger partial charge in [0.15, 0.2) is 0 Å². The first-order valence-electron chi connectivity index (χ1n) is 6.00. The van der Waals surface area contributed by atoms with Gasteiger partial charge in [0.05, 0.1) is 5.97 Å². The van der Waals surface area contributed by atoms with Gasteiger partial charge in [0.2, 0.25) is 0 Å². The second kappa shape index (κ2) is 8.89. The quantitative estimate of drug-likeness (QED) is 0.461. The molecule has 0 aliphatic heterocycles. The monoisotopic (exact) mass is 262 g/mol. The largest absolute Gasteiger partial charge is 1.00 e. The van der Waals surface area contributed by atoms with E-state index < -0.39 is 5.97 Å². The molecule has 18 heavy (non-hydrogen) atoms. The predicted octanol–water partition coefficient (Wildman–Crippen LogP) is -0.892. The van der Waals surface area contributed by atoms with E-state index in [2.05, 4.69) is 27.7 Å². The second-order valence-electron chi connectivity index (χ2n) is 6.10. The maximum absolute atomic E-state index is 11.7. The summed E-state index contributed by atoms with van der Waals surface area (Å²) in [6.07, 6.45) is 2.70. The molecule has 0 fully saturated rings. The third-order valence-electron chi connectivity index (χ3n) is 2.38. The summed E-state index contributed by atoms with van der Waals surface area (Å²) in [5, 5.41) is 10.3. The van der Waals surface area contributed by atoms with Crippen molar-refractivity contribution in [2.75, 3.05) is 0 Å². The summed E-state index contributed by atoms with van der Waals surface area (Å²) >= 11 is 0. The number of carboxylic acid groups (broad SMARTS) is 1. The molecule has 0 aromatic carbocycles. The van der Waals surface area contributed by atoms with Gasteiger partial charge in [-0.05, 0) is 30.8 Å². The van der Waals surface area contributed by atoms with Crippen molar-refractivity contribution in [2.45, 2.75) is 53.9 Å². The Morgan fingerprint density at radius 1 is 1.28 bits per heavy atom. The van der Waals surface area contributed by atoms with Crippen LogP contribution in [0.5, 0.6) is 0 Å². The molecule has 98 valence electrons. The number of aliphatic carboxylic acids is 1. The summed E-state index contributed by atoms with van der Waals surface area (Å²) in [6.45, 7) is 10.1. The molecular formula is C14H23NaO3. The van der Waals surface area contributed by atoms with Crippen molar-refractivity contribution in [2.24, 2.45) is 11.3 Å². The molecule has 0 rings (SSSR count). The van der Waals surface area contributed by atoms with Gasteiger partial charge in [-0.3, -0.25) is 4.79 Å². The first-order chi connectivity index (χ1) is 7.60. The molecule has 0 saturated heterocycles. The van der Waals surface area contributed by atoms with E-state index in [1.54, 1.807) is 6.92 Å². The number of carbonyl (C=O) groups is 2. The van der Waals surface area contributed by atoms with Gasteiger partial charge in [-0.15, -0.1) is 0 Å². The van der Waals surface area contributed by atoms with Crippen LogP contribution in [0.1, 0.15) is 53.9 Å². The third kappa shape index (κ3) is 12.3. The van der Waals surface area contributed by atoms with Gasteiger partial charge in [0.1, 0.15) is 5.78 Å². The van der Waals surface area contributed by atoms with E-state index in [1.807, 2.05) is 0 Å². The van der Waals surface area contributed by atoms with Gasteiger partial charge < -0.3 is 9.90 Å². The molecule has 0 N–H and O–H groups in total. The van der Waals surface area contributed by atoms with E-state index in [1.165, 1.54) is 0 Å². The molecule has 4 heteroatoms. The Labute approximate surface area is 132 Å². The Morgan fingerprint density at radius 2 is 1.78 bits per heavy atom. The fourth-order valence-corrected chi connectivity index (χ4v) is 2.14. The molecule has 1 atom stereocenters. The van der Waals surface area contributed by atoms with E-state index in [-0.39, 0.29) is 47.2 Å². The zero-order valence-corrected chi connectivity index (χ0v) is 14.5. The minimum absolute atomic E-state index is 0. The number of ketones is 1. The van der Waals surface area contributed by atoms with Gasteiger partial charge in [-0.1, -0.05) is 33.3 Å². The van der Waals surface area contributed by atoms with Gasteiger partial charge in [-0.2, -0.15) is 0 Å². The normalized spacial score (nSPS) is 13.7. The summed E-state index contributed by atoms with van der Waals surface area (Å²) in [5.74, 6) is -0.812. The first-order valence-corrected chi connectivity index (χ1v) is 6.00. The van der Waals surface area contributed by atoms with Crippen LogP contribution in [0.25, 0.3) is 0 Å². The fraction of sp³-hybridized carbons (Fsp3) is 0.714. The van der Waals surface area contributed by atoms with Crippen LogP contribution in [-0.4, -0.2) is 11.8 Å². The number of hydrogen-bond donors (Lipinski definition) is 0. The maximum Gasteiger partial charge on any atom is 1.00 e.